The minimum absolute atomic E-state index is 0.0447. The van der Waals surface area contributed by atoms with E-state index < -0.39 is 15.9 Å². The number of nitrogens with zero attached hydrogens (tertiary/aromatic N) is 3. The number of rotatable bonds is 6. The molecule has 0 bridgehead atoms. The molecular formula is C32H32ClN3O4S3. The summed E-state index contributed by atoms with van der Waals surface area (Å²) in [7, 11) is -3.40. The molecule has 4 aromatic rings. The van der Waals surface area contributed by atoms with Gasteiger partial charge in [0.1, 0.15) is 4.83 Å². The molecule has 2 aromatic carbocycles. The topological polar surface area (TPSA) is 89.3 Å². The molecule has 2 aromatic heterocycles. The molecule has 0 saturated carbocycles. The van der Waals surface area contributed by atoms with Crippen LogP contribution >= 0.6 is 34.7 Å². The fraction of sp³-hybridized carbons (Fsp3) is 0.344. The van der Waals surface area contributed by atoms with Gasteiger partial charge in [-0.2, -0.15) is 0 Å². The molecule has 1 aliphatic carbocycles. The Morgan fingerprint density at radius 3 is 2.60 bits per heavy atom. The minimum atomic E-state index is -3.40. The van der Waals surface area contributed by atoms with Crippen LogP contribution in [0.1, 0.15) is 40.5 Å². The number of sulfone groups is 1. The Morgan fingerprint density at radius 2 is 1.91 bits per heavy atom. The lowest BCUT2D eigenvalue weighted by molar-refractivity contribution is -0.116. The summed E-state index contributed by atoms with van der Waals surface area (Å²) in [5.41, 5.74) is 5.11. The number of hydrogen-bond donors (Lipinski definition) is 0. The van der Waals surface area contributed by atoms with Crippen molar-refractivity contribution in [3.8, 4) is 5.69 Å². The Morgan fingerprint density at radius 1 is 1.14 bits per heavy atom. The van der Waals surface area contributed by atoms with E-state index in [-0.39, 0.29) is 23.0 Å². The summed E-state index contributed by atoms with van der Waals surface area (Å²) in [5, 5.41) is 2.76. The van der Waals surface area contributed by atoms with Crippen LogP contribution in [0.2, 0.25) is 5.02 Å². The maximum Gasteiger partial charge on any atom is 0.267 e. The lowest BCUT2D eigenvalue weighted by Gasteiger charge is -2.28. The highest BCUT2D eigenvalue weighted by atomic mass is 35.5. The molecule has 11 heteroatoms. The molecule has 6 rings (SSSR count). The van der Waals surface area contributed by atoms with Crippen molar-refractivity contribution in [3.05, 3.63) is 90.4 Å². The first-order valence-corrected chi connectivity index (χ1v) is 18.1. The van der Waals surface area contributed by atoms with E-state index in [2.05, 4.69) is 6.92 Å². The standard InChI is InChI=1S/C32H32ClN3O4S3/c1-18-5-10-25-27(13-18)42-30-29(25)31(38)36(23-9-7-20(3)26(33)15-23)32(34-30)41-16-28(37)35(24-11-12-43(39,40)17-24)22-8-6-19(2)21(4)14-22/h6-9,11-12,14-15,18,24H,5,10,13,16-17H2,1-4H3. The van der Waals surface area contributed by atoms with Crippen LogP contribution in [0.3, 0.4) is 0 Å². The maximum absolute atomic E-state index is 14.2. The highest BCUT2D eigenvalue weighted by molar-refractivity contribution is 7.99. The second-order valence-electron chi connectivity index (χ2n) is 11.5. The first-order chi connectivity index (χ1) is 20.4. The first-order valence-electron chi connectivity index (χ1n) is 14.2. The van der Waals surface area contributed by atoms with Gasteiger partial charge >= 0.3 is 0 Å². The van der Waals surface area contributed by atoms with E-state index in [0.717, 1.165) is 41.5 Å². The third-order valence-electron chi connectivity index (χ3n) is 8.32. The van der Waals surface area contributed by atoms with Crippen molar-refractivity contribution >= 4 is 66.3 Å². The van der Waals surface area contributed by atoms with Gasteiger partial charge < -0.3 is 4.90 Å². The van der Waals surface area contributed by atoms with E-state index in [1.54, 1.807) is 32.9 Å². The summed E-state index contributed by atoms with van der Waals surface area (Å²) >= 11 is 9.24. The van der Waals surface area contributed by atoms with Crippen LogP contribution in [0.25, 0.3) is 15.9 Å². The number of aryl methyl sites for hydroxylation is 4. The molecule has 224 valence electrons. The number of amides is 1. The highest BCUT2D eigenvalue weighted by Gasteiger charge is 2.32. The summed E-state index contributed by atoms with van der Waals surface area (Å²) in [6.45, 7) is 8.08. The molecule has 7 nitrogen and oxygen atoms in total. The zero-order chi connectivity index (χ0) is 30.6. The lowest BCUT2D eigenvalue weighted by atomic mass is 9.89. The number of thioether (sulfide) groups is 1. The van der Waals surface area contributed by atoms with Crippen molar-refractivity contribution in [2.24, 2.45) is 5.92 Å². The number of fused-ring (bicyclic) bond motifs is 3. The van der Waals surface area contributed by atoms with Gasteiger partial charge in [-0.1, -0.05) is 42.4 Å². The average Bonchev–Trinajstić information content (AvgIpc) is 3.49. The number of thiophene rings is 1. The summed E-state index contributed by atoms with van der Waals surface area (Å²) in [6.07, 6.45) is 4.36. The van der Waals surface area contributed by atoms with Crippen molar-refractivity contribution in [1.29, 1.82) is 0 Å². The second-order valence-corrected chi connectivity index (χ2v) is 15.9. The second kappa shape index (κ2) is 11.5. The molecular weight excluding hydrogens is 622 g/mol. The summed E-state index contributed by atoms with van der Waals surface area (Å²) in [6, 6.07) is 10.5. The van der Waals surface area contributed by atoms with E-state index in [1.165, 1.54) is 22.0 Å². The molecule has 43 heavy (non-hydrogen) atoms. The summed E-state index contributed by atoms with van der Waals surface area (Å²) < 4.78 is 26.2. The Hall–Kier alpha value is -2.92. The third kappa shape index (κ3) is 5.82. The van der Waals surface area contributed by atoms with Gasteiger partial charge in [0.2, 0.25) is 5.91 Å². The highest BCUT2D eigenvalue weighted by Crippen LogP contribution is 2.37. The maximum atomic E-state index is 14.2. The predicted octanol–water partition coefficient (Wildman–Crippen LogP) is 6.59. The van der Waals surface area contributed by atoms with Crippen LogP contribution in [-0.2, 0) is 27.5 Å². The van der Waals surface area contributed by atoms with Gasteiger partial charge in [-0.05, 0) is 98.5 Å². The fourth-order valence-electron chi connectivity index (χ4n) is 5.73. The quantitative estimate of drug-likeness (QED) is 0.172. The van der Waals surface area contributed by atoms with Crippen LogP contribution in [0, 0.1) is 26.7 Å². The Labute approximate surface area is 264 Å². The number of hydrogen-bond acceptors (Lipinski definition) is 7. The Bertz CT molecular complexity index is 1980. The van der Waals surface area contributed by atoms with Crippen LogP contribution in [0.15, 0.2) is 57.8 Å². The van der Waals surface area contributed by atoms with E-state index in [1.807, 2.05) is 51.1 Å². The SMILES string of the molecule is Cc1ccc(N(C(=O)CSc2nc3sc4c(c3c(=O)n2-c2ccc(C)c(Cl)c2)CCC(C)C4)C2C=CS(=O)(=O)C2)cc1C. The molecule has 0 saturated heterocycles. The number of anilines is 1. The number of carbonyl (C=O) groups excluding carboxylic acids is 1. The monoisotopic (exact) mass is 653 g/mol. The van der Waals surface area contributed by atoms with Gasteiger partial charge in [-0.15, -0.1) is 11.3 Å². The molecule has 0 N–H and O–H groups in total. The molecule has 0 fully saturated rings. The van der Waals surface area contributed by atoms with Crippen molar-refractivity contribution < 1.29 is 13.2 Å². The number of carbonyl (C=O) groups is 1. The van der Waals surface area contributed by atoms with Gasteiger partial charge in [0, 0.05) is 21.0 Å². The van der Waals surface area contributed by atoms with Gasteiger partial charge in [0.25, 0.3) is 5.56 Å². The lowest BCUT2D eigenvalue weighted by Crippen LogP contribution is -2.42. The average molecular weight is 654 g/mol. The van der Waals surface area contributed by atoms with Gasteiger partial charge in [-0.3, -0.25) is 14.2 Å². The van der Waals surface area contributed by atoms with Crippen molar-refractivity contribution in [2.45, 2.75) is 58.2 Å². The molecule has 2 unspecified atom stereocenters. The van der Waals surface area contributed by atoms with Crippen molar-refractivity contribution in [3.63, 3.8) is 0 Å². The van der Waals surface area contributed by atoms with Crippen LogP contribution < -0.4 is 10.5 Å². The van der Waals surface area contributed by atoms with Crippen molar-refractivity contribution in [2.75, 3.05) is 16.4 Å². The smallest absolute Gasteiger partial charge is 0.267 e. The zero-order valence-electron chi connectivity index (χ0n) is 24.4. The van der Waals surface area contributed by atoms with Crippen LogP contribution in [-0.4, -0.2) is 41.4 Å². The van der Waals surface area contributed by atoms with Gasteiger partial charge in [0.05, 0.1) is 28.6 Å². The normalized spacial score (nSPS) is 19.1. The van der Waals surface area contributed by atoms with E-state index >= 15 is 0 Å². The molecule has 2 aliphatic rings. The first kappa shape index (κ1) is 30.1. The Kier molecular flexibility index (Phi) is 8.08. The third-order valence-corrected chi connectivity index (χ3v) is 12.2. The molecule has 0 spiro atoms. The van der Waals surface area contributed by atoms with Gasteiger partial charge in [0.15, 0.2) is 15.0 Å². The van der Waals surface area contributed by atoms with E-state index in [4.69, 9.17) is 16.6 Å². The predicted molar refractivity (Wildman–Crippen MR) is 177 cm³/mol. The molecule has 2 atom stereocenters. The van der Waals surface area contributed by atoms with E-state index in [9.17, 15) is 18.0 Å². The number of aromatic nitrogens is 2. The Balaban J connectivity index is 1.42. The van der Waals surface area contributed by atoms with Crippen molar-refractivity contribution in [1.82, 2.24) is 9.55 Å². The summed E-state index contributed by atoms with van der Waals surface area (Å²) in [4.78, 5) is 36.6. The number of halogens is 1. The zero-order valence-corrected chi connectivity index (χ0v) is 27.6. The van der Waals surface area contributed by atoms with Crippen LogP contribution in [0.4, 0.5) is 5.69 Å². The fourth-order valence-corrected chi connectivity index (χ4v) is 9.47. The van der Waals surface area contributed by atoms with E-state index in [0.29, 0.717) is 37.7 Å². The number of benzene rings is 2. The summed E-state index contributed by atoms with van der Waals surface area (Å²) in [5.74, 6) is 0.0561. The molecule has 1 amide bonds. The largest absolute Gasteiger partial charge is 0.304 e. The minimum Gasteiger partial charge on any atom is -0.304 e. The molecule has 0 radical (unpaired) electrons. The molecule has 3 heterocycles. The molecule has 1 aliphatic heterocycles. The van der Waals surface area contributed by atoms with Gasteiger partial charge in [-0.25, -0.2) is 13.4 Å². The van der Waals surface area contributed by atoms with Crippen LogP contribution in [0.5, 0.6) is 0 Å².